The largest absolute Gasteiger partial charge is 0.446 e. The van der Waals surface area contributed by atoms with Gasteiger partial charge in [0.15, 0.2) is 0 Å². The van der Waals surface area contributed by atoms with Gasteiger partial charge in [-0.15, -0.1) is 0 Å². The molecule has 0 spiro atoms. The average molecular weight is 364 g/mol. The number of carbonyl (C=O) groups excluding carboxylic acids is 2. The van der Waals surface area contributed by atoms with E-state index in [9.17, 15) is 9.59 Å². The number of alkyl carbamates (subject to hydrolysis) is 1. The molecule has 9 nitrogen and oxygen atoms in total. The summed E-state index contributed by atoms with van der Waals surface area (Å²) in [6, 6.07) is 0.264. The summed E-state index contributed by atoms with van der Waals surface area (Å²) >= 11 is 0. The summed E-state index contributed by atoms with van der Waals surface area (Å²) in [7, 11) is 0. The summed E-state index contributed by atoms with van der Waals surface area (Å²) in [6.45, 7) is 2.65. The van der Waals surface area contributed by atoms with Gasteiger partial charge in [-0.2, -0.15) is 0 Å². The van der Waals surface area contributed by atoms with Crippen molar-refractivity contribution >= 4 is 12.0 Å². The Balaban J connectivity index is 1.37. The fourth-order valence-corrected chi connectivity index (χ4v) is 3.65. The zero-order valence-electron chi connectivity index (χ0n) is 15.1. The maximum atomic E-state index is 12.1. The molecule has 4 atom stereocenters. The van der Waals surface area contributed by atoms with Crippen LogP contribution in [0.3, 0.4) is 0 Å². The highest BCUT2D eigenvalue weighted by molar-refractivity contribution is 5.78. The second kappa shape index (κ2) is 9.00. The molecule has 2 aliphatic rings. The van der Waals surface area contributed by atoms with Crippen molar-refractivity contribution in [2.24, 2.45) is 5.92 Å². The van der Waals surface area contributed by atoms with E-state index < -0.39 is 0 Å². The number of hydrogen-bond acceptors (Lipinski definition) is 6. The van der Waals surface area contributed by atoms with Crippen molar-refractivity contribution in [1.82, 2.24) is 31.5 Å². The van der Waals surface area contributed by atoms with Crippen molar-refractivity contribution < 1.29 is 14.3 Å². The van der Waals surface area contributed by atoms with Gasteiger partial charge >= 0.3 is 6.09 Å². The van der Waals surface area contributed by atoms with Gasteiger partial charge in [0.25, 0.3) is 0 Å². The number of nitrogens with one attached hydrogen (secondary N) is 5. The second-order valence-corrected chi connectivity index (χ2v) is 7.03. The minimum Gasteiger partial charge on any atom is -0.446 e. The Bertz CT molecular complexity index is 593. The third-order valence-corrected chi connectivity index (χ3v) is 4.96. The lowest BCUT2D eigenvalue weighted by Crippen LogP contribution is -2.45. The number of nitrogens with zero attached hydrogens (tertiary/aromatic N) is 1. The first-order valence-corrected chi connectivity index (χ1v) is 9.36. The van der Waals surface area contributed by atoms with Crippen molar-refractivity contribution in [3.05, 3.63) is 18.2 Å². The standard InChI is InChI=1S/C17H28N6O3/c1-2-5-19-17(25)26-13-4-3-11(6-13)14-8-15(23-22-14)21-16(24)7-12-9-18-10-20-12/h9-11,13-15,22-23H,2-8H2,1H3,(H,18,20)(H,19,25)(H,21,24)/t11-,13+,14?,15?/m1/s1. The molecule has 1 aliphatic heterocycles. The lowest BCUT2D eigenvalue weighted by atomic mass is 9.96. The van der Waals surface area contributed by atoms with Crippen LogP contribution >= 0.6 is 0 Å². The van der Waals surface area contributed by atoms with Crippen LogP contribution in [0.5, 0.6) is 0 Å². The van der Waals surface area contributed by atoms with Crippen LogP contribution in [0.1, 0.15) is 44.7 Å². The Morgan fingerprint density at radius 2 is 2.19 bits per heavy atom. The highest BCUT2D eigenvalue weighted by atomic mass is 16.6. The molecule has 9 heteroatoms. The molecular formula is C17H28N6O3. The molecule has 1 aromatic rings. The fourth-order valence-electron chi connectivity index (χ4n) is 3.65. The van der Waals surface area contributed by atoms with Gasteiger partial charge in [0, 0.05) is 24.5 Å². The van der Waals surface area contributed by atoms with Crippen molar-refractivity contribution in [1.29, 1.82) is 0 Å². The summed E-state index contributed by atoms with van der Waals surface area (Å²) in [4.78, 5) is 30.6. The van der Waals surface area contributed by atoms with E-state index in [-0.39, 0.29) is 36.7 Å². The number of imidazole rings is 1. The van der Waals surface area contributed by atoms with Crippen molar-refractivity contribution in [2.45, 2.75) is 63.8 Å². The van der Waals surface area contributed by atoms with Crippen molar-refractivity contribution in [3.63, 3.8) is 0 Å². The van der Waals surface area contributed by atoms with E-state index >= 15 is 0 Å². The van der Waals surface area contributed by atoms with Crippen LogP contribution in [0.4, 0.5) is 4.79 Å². The van der Waals surface area contributed by atoms with Gasteiger partial charge in [-0.05, 0) is 38.0 Å². The zero-order valence-corrected chi connectivity index (χ0v) is 15.1. The number of aromatic nitrogens is 2. The molecule has 1 saturated heterocycles. The number of carbonyl (C=O) groups is 2. The lowest BCUT2D eigenvalue weighted by Gasteiger charge is -2.18. The molecule has 1 aromatic heterocycles. The van der Waals surface area contributed by atoms with Gasteiger partial charge in [0.05, 0.1) is 18.9 Å². The number of aromatic amines is 1. The number of amides is 2. The lowest BCUT2D eigenvalue weighted by molar-refractivity contribution is -0.121. The van der Waals surface area contributed by atoms with Crippen molar-refractivity contribution in [2.75, 3.05) is 6.54 Å². The molecule has 2 unspecified atom stereocenters. The maximum Gasteiger partial charge on any atom is 0.407 e. The summed E-state index contributed by atoms with van der Waals surface area (Å²) in [6.07, 6.45) is 7.53. The minimum absolute atomic E-state index is 0.0207. The summed E-state index contributed by atoms with van der Waals surface area (Å²) in [5, 5.41) is 5.73. The average Bonchev–Trinajstić information content (AvgIpc) is 3.35. The van der Waals surface area contributed by atoms with E-state index in [1.807, 2.05) is 6.92 Å². The monoisotopic (exact) mass is 364 g/mol. The Morgan fingerprint density at radius 3 is 2.96 bits per heavy atom. The fraction of sp³-hybridized carbons (Fsp3) is 0.706. The molecule has 0 radical (unpaired) electrons. The Kier molecular flexibility index (Phi) is 6.45. The molecule has 1 saturated carbocycles. The summed E-state index contributed by atoms with van der Waals surface area (Å²) < 4.78 is 5.48. The highest BCUT2D eigenvalue weighted by Crippen LogP contribution is 2.32. The smallest absolute Gasteiger partial charge is 0.407 e. The van der Waals surface area contributed by atoms with E-state index in [0.717, 1.165) is 37.8 Å². The summed E-state index contributed by atoms with van der Waals surface area (Å²) in [5.74, 6) is 0.385. The quantitative estimate of drug-likeness (QED) is 0.482. The SMILES string of the molecule is CCCNC(=O)O[C@H]1CC[C@@H](C2CC(NC(=O)Cc3cnc[nH]3)NN2)C1. The molecule has 0 aromatic carbocycles. The van der Waals surface area contributed by atoms with E-state index in [1.165, 1.54) is 0 Å². The van der Waals surface area contributed by atoms with Gasteiger partial charge in [-0.1, -0.05) is 6.92 Å². The van der Waals surface area contributed by atoms with Crippen LogP contribution in [0.2, 0.25) is 0 Å². The van der Waals surface area contributed by atoms with Gasteiger partial charge in [0.1, 0.15) is 6.10 Å². The molecule has 26 heavy (non-hydrogen) atoms. The van der Waals surface area contributed by atoms with Crippen LogP contribution in [0, 0.1) is 5.92 Å². The third-order valence-electron chi connectivity index (χ3n) is 4.96. The van der Waals surface area contributed by atoms with Gasteiger partial charge < -0.3 is 20.4 Å². The van der Waals surface area contributed by atoms with Gasteiger partial charge in [0.2, 0.25) is 5.91 Å². The number of ether oxygens (including phenoxy) is 1. The number of H-pyrrole nitrogens is 1. The molecule has 144 valence electrons. The molecule has 0 bridgehead atoms. The maximum absolute atomic E-state index is 12.1. The predicted molar refractivity (Wildman–Crippen MR) is 94.8 cm³/mol. The van der Waals surface area contributed by atoms with Gasteiger partial charge in [-0.25, -0.2) is 15.2 Å². The summed E-state index contributed by atoms with van der Waals surface area (Å²) in [5.41, 5.74) is 7.22. The topological polar surface area (TPSA) is 120 Å². The van der Waals surface area contributed by atoms with Crippen LogP contribution < -0.4 is 21.5 Å². The van der Waals surface area contributed by atoms with Crippen LogP contribution in [0.25, 0.3) is 0 Å². The highest BCUT2D eigenvalue weighted by Gasteiger charge is 2.37. The predicted octanol–water partition coefficient (Wildman–Crippen LogP) is 0.566. The van der Waals surface area contributed by atoms with E-state index in [4.69, 9.17) is 4.74 Å². The molecule has 5 N–H and O–H groups in total. The molecule has 2 amide bonds. The van der Waals surface area contributed by atoms with Gasteiger partial charge in [-0.3, -0.25) is 10.2 Å². The third kappa shape index (κ3) is 5.18. The first-order valence-electron chi connectivity index (χ1n) is 9.36. The molecule has 1 aliphatic carbocycles. The first kappa shape index (κ1) is 18.7. The van der Waals surface area contributed by atoms with E-state index in [1.54, 1.807) is 12.5 Å². The van der Waals surface area contributed by atoms with Crippen LogP contribution in [-0.4, -0.2) is 46.8 Å². The van der Waals surface area contributed by atoms with Crippen molar-refractivity contribution in [3.8, 4) is 0 Å². The molecular weight excluding hydrogens is 336 g/mol. The molecule has 3 rings (SSSR count). The second-order valence-electron chi connectivity index (χ2n) is 7.03. The zero-order chi connectivity index (χ0) is 18.4. The minimum atomic E-state index is -0.320. The van der Waals surface area contributed by atoms with Crippen LogP contribution in [-0.2, 0) is 16.0 Å². The Morgan fingerprint density at radius 1 is 1.31 bits per heavy atom. The number of hydrazine groups is 1. The Labute approximate surface area is 153 Å². The number of rotatable bonds is 7. The molecule has 2 heterocycles. The first-order chi connectivity index (χ1) is 12.6. The van der Waals surface area contributed by atoms with Crippen LogP contribution in [0.15, 0.2) is 12.5 Å². The Hall–Kier alpha value is -2.13. The number of hydrogen-bond donors (Lipinski definition) is 5. The molecule has 2 fully saturated rings. The van der Waals surface area contributed by atoms with E-state index in [0.29, 0.717) is 12.5 Å². The van der Waals surface area contributed by atoms with E-state index in [2.05, 4.69) is 31.5 Å². The normalized spacial score (nSPS) is 28.0.